The number of pyridine rings is 1. The second kappa shape index (κ2) is 5.91. The van der Waals surface area contributed by atoms with Gasteiger partial charge >= 0.3 is 0 Å². The highest BCUT2D eigenvalue weighted by Crippen LogP contribution is 2.35. The minimum absolute atomic E-state index is 0.811. The molecule has 3 heterocycles. The van der Waals surface area contributed by atoms with Crippen LogP contribution in [0.5, 0.6) is 0 Å². The largest absolute Gasteiger partial charge is 0.252 e. The summed E-state index contributed by atoms with van der Waals surface area (Å²) in [6, 6.07) is 12.4. The van der Waals surface area contributed by atoms with Crippen molar-refractivity contribution in [3.05, 3.63) is 58.9 Å². The predicted octanol–water partition coefficient (Wildman–Crippen LogP) is 5.15. The lowest BCUT2D eigenvalue weighted by molar-refractivity contribution is 1.10. The molecule has 3 nitrogen and oxygen atoms in total. The number of rotatable bonds is 3. The number of hydrogen-bond donors (Lipinski definition) is 0. The standard InChI is InChI=1S/C18H15N3S2/c1-11-12(2)23-18-16(11)17(19-10-20-18)22-9-14-8-7-13-5-3-4-6-15(13)21-14/h3-8,10H,9H2,1-2H3. The number of benzene rings is 1. The zero-order valence-electron chi connectivity index (χ0n) is 12.9. The summed E-state index contributed by atoms with van der Waals surface area (Å²) in [5.41, 5.74) is 3.41. The van der Waals surface area contributed by atoms with Gasteiger partial charge in [-0.2, -0.15) is 0 Å². The van der Waals surface area contributed by atoms with Crippen LogP contribution in [0.2, 0.25) is 0 Å². The first-order chi connectivity index (χ1) is 11.2. The van der Waals surface area contributed by atoms with E-state index in [2.05, 4.69) is 48.1 Å². The molecule has 0 saturated heterocycles. The van der Waals surface area contributed by atoms with Crippen LogP contribution >= 0.6 is 23.1 Å². The van der Waals surface area contributed by atoms with Crippen molar-refractivity contribution in [3.8, 4) is 0 Å². The first-order valence-corrected chi connectivity index (χ1v) is 9.21. The molecule has 4 rings (SSSR count). The van der Waals surface area contributed by atoms with Crippen molar-refractivity contribution in [2.75, 3.05) is 0 Å². The Balaban J connectivity index is 1.65. The van der Waals surface area contributed by atoms with E-state index in [1.54, 1.807) is 29.4 Å². The summed E-state index contributed by atoms with van der Waals surface area (Å²) >= 11 is 3.47. The number of hydrogen-bond acceptors (Lipinski definition) is 5. The van der Waals surface area contributed by atoms with Crippen LogP contribution in [0, 0.1) is 13.8 Å². The molecule has 3 aromatic heterocycles. The van der Waals surface area contributed by atoms with Gasteiger partial charge < -0.3 is 0 Å². The zero-order valence-corrected chi connectivity index (χ0v) is 14.5. The molecule has 4 aromatic rings. The molecule has 23 heavy (non-hydrogen) atoms. The van der Waals surface area contributed by atoms with Crippen LogP contribution in [-0.2, 0) is 5.75 Å². The van der Waals surface area contributed by atoms with E-state index in [4.69, 9.17) is 4.98 Å². The average Bonchev–Trinajstić information content (AvgIpc) is 2.88. The molecule has 0 atom stereocenters. The summed E-state index contributed by atoms with van der Waals surface area (Å²) in [6.45, 7) is 4.29. The summed E-state index contributed by atoms with van der Waals surface area (Å²) < 4.78 is 0. The van der Waals surface area contributed by atoms with E-state index in [1.165, 1.54) is 21.2 Å². The maximum atomic E-state index is 4.74. The number of fused-ring (bicyclic) bond motifs is 2. The van der Waals surface area contributed by atoms with Crippen molar-refractivity contribution in [3.63, 3.8) is 0 Å². The molecule has 0 aliphatic rings. The fourth-order valence-electron chi connectivity index (χ4n) is 2.59. The van der Waals surface area contributed by atoms with Crippen LogP contribution in [0.15, 0.2) is 47.8 Å². The van der Waals surface area contributed by atoms with Gasteiger partial charge in [0.15, 0.2) is 0 Å². The average molecular weight is 337 g/mol. The Kier molecular flexibility index (Phi) is 3.75. The third-order valence-corrected chi connectivity index (χ3v) is 6.08. The second-order valence-electron chi connectivity index (χ2n) is 5.43. The Hall–Kier alpha value is -1.98. The van der Waals surface area contributed by atoms with Gasteiger partial charge in [-0.25, -0.2) is 9.97 Å². The van der Waals surface area contributed by atoms with Crippen LogP contribution in [0.3, 0.4) is 0 Å². The van der Waals surface area contributed by atoms with Crippen LogP contribution in [0.1, 0.15) is 16.1 Å². The third kappa shape index (κ3) is 2.71. The van der Waals surface area contributed by atoms with E-state index < -0.39 is 0 Å². The molecule has 0 amide bonds. The number of thiophene rings is 1. The maximum absolute atomic E-state index is 4.74. The molecule has 0 fully saturated rings. The fraction of sp³-hybridized carbons (Fsp3) is 0.167. The SMILES string of the molecule is Cc1sc2ncnc(SCc3ccc4ccccc4n3)c2c1C. The topological polar surface area (TPSA) is 38.7 Å². The number of aryl methyl sites for hydroxylation is 2. The summed E-state index contributed by atoms with van der Waals surface area (Å²) in [5.74, 6) is 0.811. The van der Waals surface area contributed by atoms with Gasteiger partial charge in [0.25, 0.3) is 0 Å². The maximum Gasteiger partial charge on any atom is 0.128 e. The lowest BCUT2D eigenvalue weighted by Gasteiger charge is -2.04. The van der Waals surface area contributed by atoms with Gasteiger partial charge in [0.1, 0.15) is 16.2 Å². The van der Waals surface area contributed by atoms with Gasteiger partial charge in [0, 0.05) is 21.4 Å². The van der Waals surface area contributed by atoms with Gasteiger partial charge in [0.2, 0.25) is 0 Å². The summed E-state index contributed by atoms with van der Waals surface area (Å²) in [6.07, 6.45) is 1.66. The molecule has 1 aromatic carbocycles. The Morgan fingerprint density at radius 2 is 1.91 bits per heavy atom. The van der Waals surface area contributed by atoms with Crippen LogP contribution < -0.4 is 0 Å². The predicted molar refractivity (Wildman–Crippen MR) is 98.2 cm³/mol. The minimum atomic E-state index is 0.811. The highest BCUT2D eigenvalue weighted by Gasteiger charge is 2.12. The lowest BCUT2D eigenvalue weighted by atomic mass is 10.2. The van der Waals surface area contributed by atoms with E-state index in [1.807, 2.05) is 12.1 Å². The van der Waals surface area contributed by atoms with Gasteiger partial charge in [-0.15, -0.1) is 11.3 Å². The van der Waals surface area contributed by atoms with Crippen LogP contribution in [0.4, 0.5) is 0 Å². The molecule has 0 radical (unpaired) electrons. The third-order valence-electron chi connectivity index (χ3n) is 3.94. The van der Waals surface area contributed by atoms with Gasteiger partial charge in [-0.05, 0) is 31.5 Å². The van der Waals surface area contributed by atoms with Crippen LogP contribution in [-0.4, -0.2) is 15.0 Å². The monoisotopic (exact) mass is 337 g/mol. The molecule has 0 aliphatic carbocycles. The van der Waals surface area contributed by atoms with E-state index in [9.17, 15) is 0 Å². The quantitative estimate of drug-likeness (QED) is 0.383. The molecule has 114 valence electrons. The van der Waals surface area contributed by atoms with Crippen molar-refractivity contribution in [2.24, 2.45) is 0 Å². The Labute approximate surface area is 142 Å². The molecule has 0 N–H and O–H groups in total. The zero-order chi connectivity index (χ0) is 15.8. The molecule has 0 unspecified atom stereocenters. The lowest BCUT2D eigenvalue weighted by Crippen LogP contribution is -1.90. The van der Waals surface area contributed by atoms with Crippen molar-refractivity contribution >= 4 is 44.2 Å². The molecular weight excluding hydrogens is 322 g/mol. The van der Waals surface area contributed by atoms with E-state index >= 15 is 0 Å². The van der Waals surface area contributed by atoms with Crippen LogP contribution in [0.25, 0.3) is 21.1 Å². The van der Waals surface area contributed by atoms with Gasteiger partial charge in [-0.1, -0.05) is 36.0 Å². The van der Waals surface area contributed by atoms with E-state index in [0.29, 0.717) is 0 Å². The molecular formula is C18H15N3S2. The first kappa shape index (κ1) is 14.6. The minimum Gasteiger partial charge on any atom is -0.252 e. The summed E-state index contributed by atoms with van der Waals surface area (Å²) in [4.78, 5) is 16.0. The normalized spacial score (nSPS) is 11.4. The number of thioether (sulfide) groups is 1. The van der Waals surface area contributed by atoms with Crippen molar-refractivity contribution in [2.45, 2.75) is 24.6 Å². The molecule has 0 saturated carbocycles. The molecule has 5 heteroatoms. The van der Waals surface area contributed by atoms with Crippen molar-refractivity contribution < 1.29 is 0 Å². The Bertz CT molecular complexity index is 1010. The Morgan fingerprint density at radius 1 is 1.04 bits per heavy atom. The Morgan fingerprint density at radius 3 is 2.83 bits per heavy atom. The van der Waals surface area contributed by atoms with Crippen molar-refractivity contribution in [1.29, 1.82) is 0 Å². The fourth-order valence-corrected chi connectivity index (χ4v) is 4.61. The number of nitrogens with zero attached hydrogens (tertiary/aromatic N) is 3. The number of aromatic nitrogens is 3. The molecule has 0 spiro atoms. The number of para-hydroxylation sites is 1. The highest BCUT2D eigenvalue weighted by molar-refractivity contribution is 7.98. The summed E-state index contributed by atoms with van der Waals surface area (Å²) in [5, 5.41) is 3.42. The van der Waals surface area contributed by atoms with Gasteiger partial charge in [0.05, 0.1) is 11.2 Å². The molecule has 0 aliphatic heterocycles. The van der Waals surface area contributed by atoms with E-state index in [-0.39, 0.29) is 0 Å². The van der Waals surface area contributed by atoms with Crippen molar-refractivity contribution in [1.82, 2.24) is 15.0 Å². The second-order valence-corrected chi connectivity index (χ2v) is 7.59. The van der Waals surface area contributed by atoms with E-state index in [0.717, 1.165) is 26.8 Å². The first-order valence-electron chi connectivity index (χ1n) is 7.40. The summed E-state index contributed by atoms with van der Waals surface area (Å²) in [7, 11) is 0. The van der Waals surface area contributed by atoms with Gasteiger partial charge in [-0.3, -0.25) is 4.98 Å². The highest BCUT2D eigenvalue weighted by atomic mass is 32.2. The molecule has 0 bridgehead atoms. The smallest absolute Gasteiger partial charge is 0.128 e.